The number of aliphatic hydroxyl groups excluding tert-OH is 1. The highest BCUT2D eigenvalue weighted by Crippen LogP contribution is 2.06. The number of allylic oxidation sites excluding steroid dienone is 1. The predicted molar refractivity (Wildman–Crippen MR) is 67.9 cm³/mol. The monoisotopic (exact) mass is 220 g/mol. The summed E-state index contributed by atoms with van der Waals surface area (Å²) in [6.07, 6.45) is 5.67. The third-order valence-electron chi connectivity index (χ3n) is 2.55. The lowest BCUT2D eigenvalue weighted by Crippen LogP contribution is -2.18. The molecule has 0 aliphatic heterocycles. The number of aliphatic imine (C=N–C) groups is 1. The van der Waals surface area contributed by atoms with Crippen molar-refractivity contribution in [3.8, 4) is 0 Å². The number of hydrogen-bond acceptors (Lipinski definition) is 2. The molecule has 0 aromatic carbocycles. The van der Waals surface area contributed by atoms with Crippen LogP contribution in [0.4, 0.5) is 0 Å². The van der Waals surface area contributed by atoms with Gasteiger partial charge in [0.05, 0.1) is 18.3 Å². The second kappa shape index (κ2) is 6.28. The second-order valence-electron chi connectivity index (χ2n) is 4.15. The van der Waals surface area contributed by atoms with E-state index in [4.69, 9.17) is 5.11 Å². The van der Waals surface area contributed by atoms with Crippen molar-refractivity contribution in [1.82, 2.24) is 4.57 Å². The lowest BCUT2D eigenvalue weighted by Gasteiger charge is -2.12. The molecule has 0 bridgehead atoms. The Morgan fingerprint density at radius 2 is 2.31 bits per heavy atom. The van der Waals surface area contributed by atoms with Crippen LogP contribution in [0.25, 0.3) is 0 Å². The highest BCUT2D eigenvalue weighted by molar-refractivity contribution is 5.77. The molecule has 1 rings (SSSR count). The molecule has 0 aliphatic carbocycles. The van der Waals surface area contributed by atoms with Crippen LogP contribution < -0.4 is 0 Å². The highest BCUT2D eigenvalue weighted by atomic mass is 16.3. The van der Waals surface area contributed by atoms with Crippen LogP contribution in [-0.2, 0) is 6.54 Å². The van der Waals surface area contributed by atoms with Crippen molar-refractivity contribution in [2.75, 3.05) is 6.61 Å². The molecule has 0 radical (unpaired) electrons. The first-order valence-corrected chi connectivity index (χ1v) is 5.59. The summed E-state index contributed by atoms with van der Waals surface area (Å²) in [5.41, 5.74) is 1.04. The van der Waals surface area contributed by atoms with Gasteiger partial charge < -0.3 is 9.67 Å². The Morgan fingerprint density at radius 1 is 1.56 bits per heavy atom. The average Bonchev–Trinajstić information content (AvgIpc) is 2.67. The van der Waals surface area contributed by atoms with E-state index in [0.717, 1.165) is 12.2 Å². The molecule has 1 atom stereocenters. The summed E-state index contributed by atoms with van der Waals surface area (Å²) >= 11 is 0. The van der Waals surface area contributed by atoms with Gasteiger partial charge in [-0.15, -0.1) is 6.58 Å². The van der Waals surface area contributed by atoms with Crippen LogP contribution in [0.2, 0.25) is 0 Å². The maximum Gasteiger partial charge on any atom is 0.0754 e. The molecule has 1 aromatic heterocycles. The SMILES string of the molecule is C=CCn1cccc1C=N[C@H](CO)C(C)C. The van der Waals surface area contributed by atoms with Crippen molar-refractivity contribution in [2.45, 2.75) is 26.4 Å². The van der Waals surface area contributed by atoms with E-state index in [9.17, 15) is 0 Å². The highest BCUT2D eigenvalue weighted by Gasteiger charge is 2.09. The minimum absolute atomic E-state index is 0.0212. The fraction of sp³-hybridized carbons (Fsp3) is 0.462. The van der Waals surface area contributed by atoms with E-state index >= 15 is 0 Å². The van der Waals surface area contributed by atoms with Gasteiger partial charge in [0.1, 0.15) is 0 Å². The molecule has 3 nitrogen and oxygen atoms in total. The van der Waals surface area contributed by atoms with Crippen molar-refractivity contribution in [1.29, 1.82) is 0 Å². The van der Waals surface area contributed by atoms with Crippen molar-refractivity contribution < 1.29 is 5.11 Å². The van der Waals surface area contributed by atoms with Gasteiger partial charge in [0.25, 0.3) is 0 Å². The van der Waals surface area contributed by atoms with Crippen LogP contribution in [-0.4, -0.2) is 28.5 Å². The molecule has 88 valence electrons. The van der Waals surface area contributed by atoms with E-state index in [2.05, 4.69) is 30.0 Å². The summed E-state index contributed by atoms with van der Waals surface area (Å²) in [5.74, 6) is 0.351. The van der Waals surface area contributed by atoms with E-state index in [1.54, 1.807) is 0 Å². The van der Waals surface area contributed by atoms with Gasteiger partial charge in [-0.2, -0.15) is 0 Å². The van der Waals surface area contributed by atoms with Crippen LogP contribution in [0.5, 0.6) is 0 Å². The Labute approximate surface area is 97.1 Å². The third kappa shape index (κ3) is 3.35. The van der Waals surface area contributed by atoms with Crippen molar-refractivity contribution >= 4 is 6.21 Å². The molecule has 1 N–H and O–H groups in total. The zero-order valence-corrected chi connectivity index (χ0v) is 10.0. The van der Waals surface area contributed by atoms with Crippen LogP contribution in [0.1, 0.15) is 19.5 Å². The molecular weight excluding hydrogens is 200 g/mol. The number of aromatic nitrogens is 1. The maximum atomic E-state index is 9.16. The number of rotatable bonds is 6. The number of nitrogens with zero attached hydrogens (tertiary/aromatic N) is 2. The Kier molecular flexibility index (Phi) is 4.99. The molecule has 0 saturated heterocycles. The normalized spacial score (nSPS) is 13.5. The molecule has 0 amide bonds. The smallest absolute Gasteiger partial charge is 0.0754 e. The molecule has 1 heterocycles. The van der Waals surface area contributed by atoms with E-state index in [1.165, 1.54) is 0 Å². The predicted octanol–water partition coefficient (Wildman–Crippen LogP) is 2.11. The third-order valence-corrected chi connectivity index (χ3v) is 2.55. The zero-order valence-electron chi connectivity index (χ0n) is 10.0. The van der Waals surface area contributed by atoms with Gasteiger partial charge in [-0.05, 0) is 18.1 Å². The van der Waals surface area contributed by atoms with E-state index in [1.807, 2.05) is 30.6 Å². The summed E-state index contributed by atoms with van der Waals surface area (Å²) in [5, 5.41) is 9.16. The first kappa shape index (κ1) is 12.7. The molecule has 0 aliphatic rings. The molecular formula is C13H20N2O. The fourth-order valence-electron chi connectivity index (χ4n) is 1.45. The van der Waals surface area contributed by atoms with Crippen molar-refractivity contribution in [2.24, 2.45) is 10.9 Å². The summed E-state index contributed by atoms with van der Waals surface area (Å²) < 4.78 is 2.06. The van der Waals surface area contributed by atoms with Crippen LogP contribution in [0.15, 0.2) is 36.0 Å². The van der Waals surface area contributed by atoms with Gasteiger partial charge >= 0.3 is 0 Å². The summed E-state index contributed by atoms with van der Waals surface area (Å²) in [7, 11) is 0. The lowest BCUT2D eigenvalue weighted by atomic mass is 10.1. The first-order chi connectivity index (χ1) is 7.69. The minimum atomic E-state index is -0.0212. The standard InChI is InChI=1S/C13H20N2O/c1-4-7-15-8-5-6-12(15)9-14-13(10-16)11(2)3/h4-6,8-9,11,13,16H,1,7,10H2,2-3H3/t13-/m1/s1. The van der Waals surface area contributed by atoms with E-state index in [0.29, 0.717) is 5.92 Å². The Bertz CT molecular complexity index is 353. The topological polar surface area (TPSA) is 37.5 Å². The number of aliphatic hydroxyl groups is 1. The van der Waals surface area contributed by atoms with Crippen molar-refractivity contribution in [3.05, 3.63) is 36.7 Å². The largest absolute Gasteiger partial charge is 0.394 e. The van der Waals surface area contributed by atoms with Crippen molar-refractivity contribution in [3.63, 3.8) is 0 Å². The molecule has 0 spiro atoms. The molecule has 0 saturated carbocycles. The van der Waals surface area contributed by atoms with E-state index in [-0.39, 0.29) is 12.6 Å². The van der Waals surface area contributed by atoms with Gasteiger partial charge in [-0.3, -0.25) is 4.99 Å². The lowest BCUT2D eigenvalue weighted by molar-refractivity contribution is 0.240. The van der Waals surface area contributed by atoms with Gasteiger partial charge in [0.15, 0.2) is 0 Å². The molecule has 0 unspecified atom stereocenters. The first-order valence-electron chi connectivity index (χ1n) is 5.59. The molecule has 3 heteroatoms. The summed E-state index contributed by atoms with van der Waals surface area (Å²) in [6.45, 7) is 8.70. The Hall–Kier alpha value is -1.35. The Morgan fingerprint density at radius 3 is 2.88 bits per heavy atom. The number of hydrogen-bond donors (Lipinski definition) is 1. The van der Waals surface area contributed by atoms with Gasteiger partial charge in [0.2, 0.25) is 0 Å². The van der Waals surface area contributed by atoms with Gasteiger partial charge in [-0.25, -0.2) is 0 Å². The molecule has 16 heavy (non-hydrogen) atoms. The quantitative estimate of drug-likeness (QED) is 0.578. The van der Waals surface area contributed by atoms with E-state index < -0.39 is 0 Å². The van der Waals surface area contributed by atoms with Gasteiger partial charge in [-0.1, -0.05) is 19.9 Å². The fourth-order valence-corrected chi connectivity index (χ4v) is 1.45. The second-order valence-corrected chi connectivity index (χ2v) is 4.15. The van der Waals surface area contributed by atoms with Crippen LogP contribution in [0, 0.1) is 5.92 Å². The maximum absolute atomic E-state index is 9.16. The van der Waals surface area contributed by atoms with Gasteiger partial charge in [0, 0.05) is 19.0 Å². The summed E-state index contributed by atoms with van der Waals surface area (Å²) in [6, 6.07) is 3.96. The van der Waals surface area contributed by atoms with Crippen LogP contribution in [0.3, 0.4) is 0 Å². The van der Waals surface area contributed by atoms with Crippen LogP contribution >= 0.6 is 0 Å². The molecule has 0 fully saturated rings. The molecule has 1 aromatic rings. The zero-order chi connectivity index (χ0) is 12.0. The minimum Gasteiger partial charge on any atom is -0.394 e. The average molecular weight is 220 g/mol. The summed E-state index contributed by atoms with van der Waals surface area (Å²) in [4.78, 5) is 4.40. The Balaban J connectivity index is 2.74.